The molecule has 0 bridgehead atoms. The minimum Gasteiger partial charge on any atom is -0.329 e. The van der Waals surface area contributed by atoms with Gasteiger partial charge < -0.3 is 9.80 Å². The molecule has 2 amide bonds. The van der Waals surface area contributed by atoms with Crippen LogP contribution in [0, 0.1) is 0 Å². The van der Waals surface area contributed by atoms with Crippen molar-refractivity contribution in [3.8, 4) is 0 Å². The van der Waals surface area contributed by atoms with Crippen LogP contribution in [0.4, 0.5) is 22.0 Å². The van der Waals surface area contributed by atoms with E-state index in [9.17, 15) is 31.5 Å². The van der Waals surface area contributed by atoms with Gasteiger partial charge in [0.25, 0.3) is 5.92 Å². The average molecular weight is 350 g/mol. The van der Waals surface area contributed by atoms with E-state index >= 15 is 0 Å². The van der Waals surface area contributed by atoms with Crippen LogP contribution in [0.1, 0.15) is 18.1 Å². The zero-order valence-electron chi connectivity index (χ0n) is 12.7. The van der Waals surface area contributed by atoms with Crippen molar-refractivity contribution < 1.29 is 31.5 Å². The molecule has 0 saturated carbocycles. The molecule has 132 valence electrons. The summed E-state index contributed by atoms with van der Waals surface area (Å²) in [5.41, 5.74) is -1.07. The second kappa shape index (κ2) is 6.37. The predicted molar refractivity (Wildman–Crippen MR) is 74.1 cm³/mol. The number of hydrogen-bond donors (Lipinski definition) is 0. The van der Waals surface area contributed by atoms with Crippen LogP contribution in [-0.4, -0.2) is 47.2 Å². The molecule has 0 atom stereocenters. The number of carbonyl (C=O) groups excluding carboxylic acids is 2. The third-order valence-electron chi connectivity index (χ3n) is 3.65. The summed E-state index contributed by atoms with van der Waals surface area (Å²) in [5, 5.41) is 0. The van der Waals surface area contributed by atoms with Crippen molar-refractivity contribution in [3.05, 3.63) is 35.4 Å². The van der Waals surface area contributed by atoms with Crippen molar-refractivity contribution in [2.75, 3.05) is 19.6 Å². The van der Waals surface area contributed by atoms with E-state index in [1.54, 1.807) is 0 Å². The van der Waals surface area contributed by atoms with Gasteiger partial charge >= 0.3 is 6.18 Å². The molecule has 0 aromatic heterocycles. The molecule has 1 aliphatic rings. The summed E-state index contributed by atoms with van der Waals surface area (Å²) >= 11 is 0. The Hall–Kier alpha value is -2.19. The first-order valence-corrected chi connectivity index (χ1v) is 7.06. The molecular weight excluding hydrogens is 335 g/mol. The second-order valence-corrected chi connectivity index (χ2v) is 5.64. The number of alkyl halides is 5. The van der Waals surface area contributed by atoms with Crippen LogP contribution < -0.4 is 0 Å². The lowest BCUT2D eigenvalue weighted by Gasteiger charge is -2.39. The zero-order chi connectivity index (χ0) is 18.1. The summed E-state index contributed by atoms with van der Waals surface area (Å²) < 4.78 is 64.5. The summed E-state index contributed by atoms with van der Waals surface area (Å²) in [4.78, 5) is 25.3. The minimum absolute atomic E-state index is 0.165. The Bertz CT molecular complexity index is 637. The van der Waals surface area contributed by atoms with Gasteiger partial charge in [-0.1, -0.05) is 18.2 Å². The smallest absolute Gasteiger partial charge is 0.329 e. The normalized spacial score (nSPS) is 16.5. The van der Waals surface area contributed by atoms with E-state index in [0.29, 0.717) is 0 Å². The van der Waals surface area contributed by atoms with Gasteiger partial charge in [-0.25, -0.2) is 8.78 Å². The quantitative estimate of drug-likeness (QED) is 0.783. The third-order valence-corrected chi connectivity index (χ3v) is 3.65. The maximum Gasteiger partial charge on any atom is 0.416 e. The molecule has 1 saturated heterocycles. The van der Waals surface area contributed by atoms with E-state index in [1.807, 2.05) is 0 Å². The minimum atomic E-state index is -4.59. The van der Waals surface area contributed by atoms with Gasteiger partial charge in [0.1, 0.15) is 6.54 Å². The molecular formula is C15H15F5N2O2. The fraction of sp³-hybridized carbons (Fsp3) is 0.467. The first kappa shape index (κ1) is 18.2. The SMILES string of the molecule is CC(=O)N(CC(=O)N1CC(F)(F)C1)Cc1ccccc1C(F)(F)F. The molecule has 1 aromatic rings. The Morgan fingerprint density at radius 1 is 1.21 bits per heavy atom. The molecule has 0 spiro atoms. The van der Waals surface area contributed by atoms with Crippen LogP contribution in [-0.2, 0) is 22.3 Å². The van der Waals surface area contributed by atoms with Crippen LogP contribution in [0.5, 0.6) is 0 Å². The van der Waals surface area contributed by atoms with Gasteiger partial charge in [-0.2, -0.15) is 13.2 Å². The highest BCUT2D eigenvalue weighted by molar-refractivity contribution is 5.84. The molecule has 1 aromatic carbocycles. The molecule has 24 heavy (non-hydrogen) atoms. The van der Waals surface area contributed by atoms with E-state index in [0.717, 1.165) is 22.8 Å². The van der Waals surface area contributed by atoms with E-state index in [-0.39, 0.29) is 5.56 Å². The largest absolute Gasteiger partial charge is 0.416 e. The Balaban J connectivity index is 2.10. The summed E-state index contributed by atoms with van der Waals surface area (Å²) in [6, 6.07) is 4.70. The van der Waals surface area contributed by atoms with Crippen LogP contribution in [0.25, 0.3) is 0 Å². The van der Waals surface area contributed by atoms with Gasteiger partial charge in [0.15, 0.2) is 0 Å². The molecule has 0 radical (unpaired) electrons. The Labute approximate surface area is 134 Å². The molecule has 0 unspecified atom stereocenters. The molecule has 2 rings (SSSR count). The van der Waals surface area contributed by atoms with E-state index in [1.165, 1.54) is 18.2 Å². The topological polar surface area (TPSA) is 40.6 Å². The number of nitrogens with zero attached hydrogens (tertiary/aromatic N) is 2. The predicted octanol–water partition coefficient (Wildman–Crippen LogP) is 2.53. The number of carbonyl (C=O) groups is 2. The van der Waals surface area contributed by atoms with Crippen molar-refractivity contribution in [1.82, 2.24) is 9.80 Å². The highest BCUT2D eigenvalue weighted by Crippen LogP contribution is 2.32. The van der Waals surface area contributed by atoms with Gasteiger partial charge in [0.2, 0.25) is 11.8 Å². The van der Waals surface area contributed by atoms with Crippen LogP contribution in [0.15, 0.2) is 24.3 Å². The molecule has 1 aliphatic heterocycles. The van der Waals surface area contributed by atoms with Crippen molar-refractivity contribution in [2.45, 2.75) is 25.6 Å². The first-order chi connectivity index (χ1) is 11.0. The van der Waals surface area contributed by atoms with Crippen molar-refractivity contribution in [3.63, 3.8) is 0 Å². The maximum absolute atomic E-state index is 13.0. The van der Waals surface area contributed by atoms with Crippen LogP contribution in [0.2, 0.25) is 0 Å². The standard InChI is InChI=1S/C15H15F5N2O2/c1-10(23)21(7-13(24)22-8-14(16,17)9-22)6-11-4-2-3-5-12(11)15(18,19)20/h2-5H,6-9H2,1H3. The highest BCUT2D eigenvalue weighted by atomic mass is 19.4. The zero-order valence-corrected chi connectivity index (χ0v) is 12.7. The number of rotatable bonds is 4. The average Bonchev–Trinajstić information content (AvgIpc) is 2.43. The molecule has 9 heteroatoms. The van der Waals surface area contributed by atoms with Gasteiger partial charge in [0, 0.05) is 13.5 Å². The fourth-order valence-electron chi connectivity index (χ4n) is 2.37. The number of halogens is 5. The van der Waals surface area contributed by atoms with E-state index in [4.69, 9.17) is 0 Å². The van der Waals surface area contributed by atoms with Gasteiger partial charge in [-0.15, -0.1) is 0 Å². The Morgan fingerprint density at radius 3 is 2.29 bits per heavy atom. The molecule has 0 N–H and O–H groups in total. The molecule has 1 heterocycles. The number of amides is 2. The van der Waals surface area contributed by atoms with Crippen molar-refractivity contribution in [2.24, 2.45) is 0 Å². The summed E-state index contributed by atoms with van der Waals surface area (Å²) in [5.74, 6) is -4.28. The fourth-order valence-corrected chi connectivity index (χ4v) is 2.37. The van der Waals surface area contributed by atoms with Gasteiger partial charge in [-0.3, -0.25) is 9.59 Å². The monoisotopic (exact) mass is 350 g/mol. The maximum atomic E-state index is 13.0. The third kappa shape index (κ3) is 4.21. The van der Waals surface area contributed by atoms with Gasteiger partial charge in [0.05, 0.1) is 18.7 Å². The number of hydrogen-bond acceptors (Lipinski definition) is 2. The second-order valence-electron chi connectivity index (χ2n) is 5.64. The number of likely N-dealkylation sites (tertiary alicyclic amines) is 1. The lowest BCUT2D eigenvalue weighted by atomic mass is 10.1. The van der Waals surface area contributed by atoms with E-state index in [2.05, 4.69) is 0 Å². The molecule has 0 aliphatic carbocycles. The van der Waals surface area contributed by atoms with Crippen molar-refractivity contribution in [1.29, 1.82) is 0 Å². The summed E-state index contributed by atoms with van der Waals surface area (Å²) in [6.45, 7) is -1.35. The van der Waals surface area contributed by atoms with Crippen molar-refractivity contribution >= 4 is 11.8 Å². The Morgan fingerprint density at radius 2 is 1.79 bits per heavy atom. The van der Waals surface area contributed by atoms with Crippen LogP contribution in [0.3, 0.4) is 0 Å². The lowest BCUT2D eigenvalue weighted by Crippen LogP contribution is -2.60. The lowest BCUT2D eigenvalue weighted by molar-refractivity contribution is -0.167. The summed E-state index contributed by atoms with van der Waals surface area (Å²) in [7, 11) is 0. The first-order valence-electron chi connectivity index (χ1n) is 7.06. The summed E-state index contributed by atoms with van der Waals surface area (Å²) in [6.07, 6.45) is -4.59. The molecule has 4 nitrogen and oxygen atoms in total. The van der Waals surface area contributed by atoms with E-state index < -0.39 is 55.7 Å². The van der Waals surface area contributed by atoms with Crippen LogP contribution >= 0.6 is 0 Å². The Kier molecular flexibility index (Phi) is 4.82. The highest BCUT2D eigenvalue weighted by Gasteiger charge is 2.46. The number of benzene rings is 1. The molecule has 1 fully saturated rings. The van der Waals surface area contributed by atoms with Gasteiger partial charge in [-0.05, 0) is 11.6 Å².